The van der Waals surface area contributed by atoms with Gasteiger partial charge in [0, 0.05) is 20.0 Å². The first-order valence-electron chi connectivity index (χ1n) is 8.59. The zero-order valence-corrected chi connectivity index (χ0v) is 14.5. The molecule has 1 atom stereocenters. The lowest BCUT2D eigenvalue weighted by molar-refractivity contribution is -0.135. The summed E-state index contributed by atoms with van der Waals surface area (Å²) in [4.78, 5) is 36.0. The molecular formula is C19H20N4O3. The van der Waals surface area contributed by atoms with Gasteiger partial charge in [-0.05, 0) is 24.3 Å². The van der Waals surface area contributed by atoms with Gasteiger partial charge in [0.2, 0.25) is 11.8 Å². The monoisotopic (exact) mass is 352 g/mol. The summed E-state index contributed by atoms with van der Waals surface area (Å²) in [6.45, 7) is 1.21. The molecule has 0 saturated carbocycles. The van der Waals surface area contributed by atoms with Gasteiger partial charge in [-0.3, -0.25) is 9.59 Å². The van der Waals surface area contributed by atoms with Crippen LogP contribution in [0.5, 0.6) is 0 Å². The Hall–Kier alpha value is -3.09. The molecule has 0 bridgehead atoms. The molecule has 1 aliphatic rings. The summed E-state index contributed by atoms with van der Waals surface area (Å²) < 4.78 is 5.29. The quantitative estimate of drug-likeness (QED) is 0.763. The Bertz CT molecular complexity index is 898. The third kappa shape index (κ3) is 3.20. The third-order valence-electron chi connectivity index (χ3n) is 4.69. The molecule has 1 fully saturated rings. The van der Waals surface area contributed by atoms with Crippen molar-refractivity contribution in [1.29, 1.82) is 0 Å². The van der Waals surface area contributed by atoms with E-state index >= 15 is 0 Å². The van der Waals surface area contributed by atoms with E-state index in [-0.39, 0.29) is 24.2 Å². The summed E-state index contributed by atoms with van der Waals surface area (Å²) >= 11 is 0. The van der Waals surface area contributed by atoms with E-state index in [0.717, 1.165) is 22.6 Å². The molecule has 1 aromatic carbocycles. The Kier molecular flexibility index (Phi) is 4.20. The van der Waals surface area contributed by atoms with E-state index in [9.17, 15) is 9.59 Å². The average molecular weight is 352 g/mol. The molecule has 1 saturated heterocycles. The number of para-hydroxylation sites is 2. The van der Waals surface area contributed by atoms with Crippen LogP contribution < -0.4 is 0 Å². The summed E-state index contributed by atoms with van der Waals surface area (Å²) in [5.41, 5.74) is 1.83. The Morgan fingerprint density at radius 1 is 1.35 bits per heavy atom. The lowest BCUT2D eigenvalue weighted by Crippen LogP contribution is -2.34. The molecule has 3 aromatic rings. The van der Waals surface area contributed by atoms with Crippen molar-refractivity contribution in [2.24, 2.45) is 5.92 Å². The molecule has 3 heterocycles. The second kappa shape index (κ2) is 6.67. The van der Waals surface area contributed by atoms with Gasteiger partial charge < -0.3 is 19.2 Å². The maximum absolute atomic E-state index is 12.7. The van der Waals surface area contributed by atoms with E-state index in [1.807, 2.05) is 30.3 Å². The minimum absolute atomic E-state index is 0.0168. The summed E-state index contributed by atoms with van der Waals surface area (Å²) in [6, 6.07) is 11.4. The van der Waals surface area contributed by atoms with Gasteiger partial charge in [0.25, 0.3) is 0 Å². The fourth-order valence-electron chi connectivity index (χ4n) is 3.38. The third-order valence-corrected chi connectivity index (χ3v) is 4.69. The normalized spacial score (nSPS) is 17.2. The highest BCUT2D eigenvalue weighted by atomic mass is 16.3. The minimum atomic E-state index is -0.327. The van der Waals surface area contributed by atoms with Crippen molar-refractivity contribution in [2.75, 3.05) is 13.6 Å². The van der Waals surface area contributed by atoms with Crippen LogP contribution in [0.4, 0.5) is 0 Å². The lowest BCUT2D eigenvalue weighted by atomic mass is 10.1. The van der Waals surface area contributed by atoms with E-state index in [0.29, 0.717) is 19.6 Å². The Labute approximate surface area is 150 Å². The second-order valence-electron chi connectivity index (χ2n) is 6.65. The first kappa shape index (κ1) is 16.4. The first-order valence-corrected chi connectivity index (χ1v) is 8.59. The molecule has 134 valence electrons. The molecule has 7 nitrogen and oxygen atoms in total. The second-order valence-corrected chi connectivity index (χ2v) is 6.65. The number of nitrogens with one attached hydrogen (secondary N) is 1. The number of amides is 2. The van der Waals surface area contributed by atoms with E-state index < -0.39 is 0 Å². The maximum atomic E-state index is 12.7. The number of carbonyl (C=O) groups is 2. The van der Waals surface area contributed by atoms with Crippen LogP contribution in [0, 0.1) is 5.92 Å². The van der Waals surface area contributed by atoms with Crippen LogP contribution in [0.15, 0.2) is 47.1 Å². The van der Waals surface area contributed by atoms with Crippen molar-refractivity contribution >= 4 is 22.8 Å². The Morgan fingerprint density at radius 3 is 2.96 bits per heavy atom. The van der Waals surface area contributed by atoms with Crippen LogP contribution in [-0.4, -0.2) is 45.2 Å². The van der Waals surface area contributed by atoms with E-state index in [1.54, 1.807) is 29.2 Å². The predicted molar refractivity (Wildman–Crippen MR) is 94.8 cm³/mol. The largest absolute Gasteiger partial charge is 0.467 e. The molecular weight excluding hydrogens is 332 g/mol. The van der Waals surface area contributed by atoms with Crippen LogP contribution in [0.3, 0.4) is 0 Å². The number of H-pyrrole nitrogens is 1. The van der Waals surface area contributed by atoms with E-state index in [1.165, 1.54) is 0 Å². The van der Waals surface area contributed by atoms with Crippen molar-refractivity contribution < 1.29 is 14.0 Å². The van der Waals surface area contributed by atoms with Gasteiger partial charge in [-0.2, -0.15) is 0 Å². The fraction of sp³-hybridized carbons (Fsp3) is 0.316. The van der Waals surface area contributed by atoms with Gasteiger partial charge in [0.1, 0.15) is 11.6 Å². The molecule has 26 heavy (non-hydrogen) atoms. The predicted octanol–water partition coefficient (Wildman–Crippen LogP) is 2.16. The zero-order chi connectivity index (χ0) is 18.1. The van der Waals surface area contributed by atoms with Gasteiger partial charge in [-0.1, -0.05) is 12.1 Å². The number of rotatable bonds is 5. The molecule has 0 radical (unpaired) electrons. The number of aromatic nitrogens is 2. The molecule has 1 aliphatic heterocycles. The number of nitrogens with zero attached hydrogens (tertiary/aromatic N) is 3. The number of imidazole rings is 1. The molecule has 4 rings (SSSR count). The van der Waals surface area contributed by atoms with Crippen molar-refractivity contribution in [1.82, 2.24) is 19.8 Å². The summed E-state index contributed by atoms with van der Waals surface area (Å²) in [7, 11) is 1.75. The minimum Gasteiger partial charge on any atom is -0.467 e. The number of aromatic amines is 1. The standard InChI is InChI=1S/C19H20N4O3/c1-22(12-17-20-15-6-2-3-7-16(15)21-17)19(25)13-9-18(24)23(10-13)11-14-5-4-8-26-14/h2-8,13H,9-12H2,1H3,(H,20,21). The number of fused-ring (bicyclic) bond motifs is 1. The average Bonchev–Trinajstić information content (AvgIpc) is 3.35. The SMILES string of the molecule is CN(Cc1nc2ccccc2[nH]1)C(=O)C1CC(=O)N(Cc2ccco2)C1. The number of likely N-dealkylation sites (tertiary alicyclic amines) is 1. The summed E-state index contributed by atoms with van der Waals surface area (Å²) in [6.07, 6.45) is 1.82. The van der Waals surface area contributed by atoms with Crippen LogP contribution in [0.25, 0.3) is 11.0 Å². The molecule has 0 aliphatic carbocycles. The smallest absolute Gasteiger partial charge is 0.228 e. The van der Waals surface area contributed by atoms with Gasteiger partial charge >= 0.3 is 0 Å². The Morgan fingerprint density at radius 2 is 2.19 bits per heavy atom. The van der Waals surface area contributed by atoms with Crippen molar-refractivity contribution in [3.63, 3.8) is 0 Å². The van der Waals surface area contributed by atoms with Gasteiger partial charge in [-0.25, -0.2) is 4.98 Å². The van der Waals surface area contributed by atoms with Crippen LogP contribution >= 0.6 is 0 Å². The number of carbonyl (C=O) groups excluding carboxylic acids is 2. The number of furan rings is 1. The lowest BCUT2D eigenvalue weighted by Gasteiger charge is -2.20. The fourth-order valence-corrected chi connectivity index (χ4v) is 3.38. The molecule has 0 spiro atoms. The van der Waals surface area contributed by atoms with Crippen LogP contribution in [0.1, 0.15) is 18.0 Å². The first-order chi connectivity index (χ1) is 12.6. The van der Waals surface area contributed by atoms with E-state index in [2.05, 4.69) is 9.97 Å². The number of hydrogen-bond acceptors (Lipinski definition) is 4. The molecule has 1 unspecified atom stereocenters. The topological polar surface area (TPSA) is 82.4 Å². The van der Waals surface area contributed by atoms with Crippen molar-refractivity contribution in [2.45, 2.75) is 19.5 Å². The molecule has 2 amide bonds. The summed E-state index contributed by atoms with van der Waals surface area (Å²) in [5, 5.41) is 0. The van der Waals surface area contributed by atoms with E-state index in [4.69, 9.17) is 4.42 Å². The van der Waals surface area contributed by atoms with Crippen molar-refractivity contribution in [3.05, 3.63) is 54.2 Å². The van der Waals surface area contributed by atoms with Crippen LogP contribution in [0.2, 0.25) is 0 Å². The van der Waals surface area contributed by atoms with Gasteiger partial charge in [-0.15, -0.1) is 0 Å². The molecule has 2 aromatic heterocycles. The molecule has 1 N–H and O–H groups in total. The summed E-state index contributed by atoms with van der Waals surface area (Å²) in [5.74, 6) is 1.07. The van der Waals surface area contributed by atoms with Gasteiger partial charge in [0.05, 0.1) is 36.3 Å². The highest BCUT2D eigenvalue weighted by molar-refractivity contribution is 5.89. The maximum Gasteiger partial charge on any atom is 0.228 e. The highest BCUT2D eigenvalue weighted by Gasteiger charge is 2.36. The zero-order valence-electron chi connectivity index (χ0n) is 14.5. The highest BCUT2D eigenvalue weighted by Crippen LogP contribution is 2.22. The van der Waals surface area contributed by atoms with Gasteiger partial charge in [0.15, 0.2) is 0 Å². The van der Waals surface area contributed by atoms with Crippen molar-refractivity contribution in [3.8, 4) is 0 Å². The Balaban J connectivity index is 1.39. The molecule has 7 heteroatoms. The number of hydrogen-bond donors (Lipinski definition) is 1. The van der Waals surface area contributed by atoms with Crippen LogP contribution in [-0.2, 0) is 22.7 Å². The number of benzene rings is 1.